The standard InChI is InChI=1S/C47H29N3/c1-3-13-30(14-4-1)42-29-43(31-15-5-2-6-16-31)50-47(49-42)33-25-23-32(24-26-33)46-45-40-28-35-18-8-7-17-34(35)27-39(40)36-19-9-10-20-37(36)44(45)38-21-11-12-22-41(38)48-46/h1-29H. The van der Waals surface area contributed by atoms with E-state index in [1.54, 1.807) is 0 Å². The first-order valence-corrected chi connectivity index (χ1v) is 16.9. The van der Waals surface area contributed by atoms with Crippen molar-refractivity contribution in [3.05, 3.63) is 176 Å². The lowest BCUT2D eigenvalue weighted by Crippen LogP contribution is -1.96. The van der Waals surface area contributed by atoms with Gasteiger partial charge in [0, 0.05) is 38.4 Å². The van der Waals surface area contributed by atoms with Gasteiger partial charge in [-0.15, -0.1) is 0 Å². The zero-order chi connectivity index (χ0) is 33.0. The molecule has 8 aromatic carbocycles. The highest BCUT2D eigenvalue weighted by Crippen LogP contribution is 2.44. The minimum absolute atomic E-state index is 0.691. The molecule has 0 N–H and O–H groups in total. The van der Waals surface area contributed by atoms with Gasteiger partial charge in [0.25, 0.3) is 0 Å². The van der Waals surface area contributed by atoms with Gasteiger partial charge in [0.05, 0.1) is 22.6 Å². The Morgan fingerprint density at radius 3 is 1.48 bits per heavy atom. The summed E-state index contributed by atoms with van der Waals surface area (Å²) in [5.74, 6) is 0.691. The van der Waals surface area contributed by atoms with Crippen LogP contribution in [0.4, 0.5) is 0 Å². The number of benzene rings is 8. The molecule has 0 aliphatic carbocycles. The molecule has 0 bridgehead atoms. The molecule has 2 heterocycles. The maximum absolute atomic E-state index is 5.39. The Kier molecular flexibility index (Phi) is 6.49. The van der Waals surface area contributed by atoms with Gasteiger partial charge in [0.2, 0.25) is 0 Å². The molecular weight excluding hydrogens is 607 g/mol. The van der Waals surface area contributed by atoms with Crippen molar-refractivity contribution in [1.29, 1.82) is 0 Å². The Hall–Kier alpha value is -6.71. The highest BCUT2D eigenvalue weighted by atomic mass is 14.9. The van der Waals surface area contributed by atoms with Crippen molar-refractivity contribution in [2.24, 2.45) is 0 Å². The van der Waals surface area contributed by atoms with E-state index in [0.29, 0.717) is 5.82 Å². The summed E-state index contributed by atoms with van der Waals surface area (Å²) in [7, 11) is 0. The third kappa shape index (κ3) is 4.63. The zero-order valence-corrected chi connectivity index (χ0v) is 27.1. The van der Waals surface area contributed by atoms with Crippen molar-refractivity contribution in [2.75, 3.05) is 0 Å². The molecule has 0 radical (unpaired) electrons. The van der Waals surface area contributed by atoms with E-state index in [0.717, 1.165) is 50.2 Å². The Morgan fingerprint density at radius 1 is 0.300 bits per heavy atom. The van der Waals surface area contributed by atoms with E-state index in [1.165, 1.54) is 43.1 Å². The Bertz CT molecular complexity index is 2830. The molecule has 3 nitrogen and oxygen atoms in total. The molecule has 2 aromatic heterocycles. The Morgan fingerprint density at radius 2 is 0.820 bits per heavy atom. The first-order valence-electron chi connectivity index (χ1n) is 16.9. The lowest BCUT2D eigenvalue weighted by atomic mass is 9.88. The van der Waals surface area contributed by atoms with Gasteiger partial charge in [-0.05, 0) is 56.6 Å². The van der Waals surface area contributed by atoms with Crippen LogP contribution < -0.4 is 0 Å². The molecule has 0 aliphatic rings. The summed E-state index contributed by atoms with van der Waals surface area (Å²) < 4.78 is 0. The molecule has 3 heteroatoms. The van der Waals surface area contributed by atoms with Crippen molar-refractivity contribution in [3.63, 3.8) is 0 Å². The van der Waals surface area contributed by atoms with E-state index in [-0.39, 0.29) is 0 Å². The number of nitrogens with zero attached hydrogens (tertiary/aromatic N) is 3. The van der Waals surface area contributed by atoms with Gasteiger partial charge in [-0.25, -0.2) is 15.0 Å². The third-order valence-corrected chi connectivity index (χ3v) is 9.82. The molecule has 50 heavy (non-hydrogen) atoms. The van der Waals surface area contributed by atoms with Crippen molar-refractivity contribution in [2.45, 2.75) is 0 Å². The zero-order valence-electron chi connectivity index (χ0n) is 27.1. The van der Waals surface area contributed by atoms with Gasteiger partial charge in [0.15, 0.2) is 5.82 Å². The molecule has 0 unspecified atom stereocenters. The average Bonchev–Trinajstić information content (AvgIpc) is 3.20. The van der Waals surface area contributed by atoms with Gasteiger partial charge in [-0.3, -0.25) is 0 Å². The van der Waals surface area contributed by atoms with Gasteiger partial charge in [-0.2, -0.15) is 0 Å². The second-order valence-corrected chi connectivity index (χ2v) is 12.8. The molecule has 10 aromatic rings. The monoisotopic (exact) mass is 635 g/mol. The van der Waals surface area contributed by atoms with Crippen LogP contribution in [0.5, 0.6) is 0 Å². The fourth-order valence-electron chi connectivity index (χ4n) is 7.44. The van der Waals surface area contributed by atoms with Crippen LogP contribution in [-0.4, -0.2) is 15.0 Å². The summed E-state index contributed by atoms with van der Waals surface area (Å²) in [5.41, 5.74) is 7.87. The summed E-state index contributed by atoms with van der Waals surface area (Å²) >= 11 is 0. The van der Waals surface area contributed by atoms with Crippen LogP contribution in [0.15, 0.2) is 176 Å². The van der Waals surface area contributed by atoms with Crippen LogP contribution in [0.1, 0.15) is 0 Å². The van der Waals surface area contributed by atoms with E-state index in [1.807, 2.05) is 36.4 Å². The highest BCUT2D eigenvalue weighted by molar-refractivity contribution is 6.34. The summed E-state index contributed by atoms with van der Waals surface area (Å²) in [6.45, 7) is 0. The summed E-state index contributed by atoms with van der Waals surface area (Å²) in [4.78, 5) is 15.5. The van der Waals surface area contributed by atoms with Gasteiger partial charge in [-0.1, -0.05) is 152 Å². The molecule has 0 aliphatic heterocycles. The molecule has 0 saturated heterocycles. The lowest BCUT2D eigenvalue weighted by molar-refractivity contribution is 1.18. The smallest absolute Gasteiger partial charge is 0.160 e. The number of aromatic nitrogens is 3. The van der Waals surface area contributed by atoms with Crippen LogP contribution in [0.3, 0.4) is 0 Å². The summed E-state index contributed by atoms with van der Waals surface area (Å²) in [5, 5.41) is 11.0. The topological polar surface area (TPSA) is 38.7 Å². The largest absolute Gasteiger partial charge is 0.247 e. The fraction of sp³-hybridized carbons (Fsp3) is 0. The summed E-state index contributed by atoms with van der Waals surface area (Å²) in [6.07, 6.45) is 0. The number of para-hydroxylation sites is 1. The third-order valence-electron chi connectivity index (χ3n) is 9.82. The lowest BCUT2D eigenvalue weighted by Gasteiger charge is -2.17. The predicted molar refractivity (Wildman–Crippen MR) is 209 cm³/mol. The van der Waals surface area contributed by atoms with Gasteiger partial charge < -0.3 is 0 Å². The van der Waals surface area contributed by atoms with Crippen LogP contribution >= 0.6 is 0 Å². The van der Waals surface area contributed by atoms with Crippen molar-refractivity contribution < 1.29 is 0 Å². The van der Waals surface area contributed by atoms with E-state index < -0.39 is 0 Å². The van der Waals surface area contributed by atoms with Crippen molar-refractivity contribution in [3.8, 4) is 45.2 Å². The first-order chi connectivity index (χ1) is 24.8. The van der Waals surface area contributed by atoms with E-state index in [2.05, 4.69) is 140 Å². The molecule has 0 atom stereocenters. The quantitative estimate of drug-likeness (QED) is 0.143. The van der Waals surface area contributed by atoms with Crippen molar-refractivity contribution >= 4 is 54.0 Å². The van der Waals surface area contributed by atoms with Crippen LogP contribution in [0.2, 0.25) is 0 Å². The number of hydrogen-bond acceptors (Lipinski definition) is 3. The van der Waals surface area contributed by atoms with Crippen LogP contribution in [0, 0.1) is 0 Å². The molecule has 0 saturated carbocycles. The normalized spacial score (nSPS) is 11.6. The maximum Gasteiger partial charge on any atom is 0.160 e. The second kappa shape index (κ2) is 11.5. The SMILES string of the molecule is c1ccc(-c2cc(-c3ccccc3)nc(-c3ccc(-c4nc5ccccc5c5c6ccccc6c6cc7ccccc7cc6c45)cc3)n2)cc1. The molecule has 0 amide bonds. The van der Waals surface area contributed by atoms with Gasteiger partial charge in [0.1, 0.15) is 0 Å². The molecule has 0 fully saturated rings. The minimum atomic E-state index is 0.691. The first kappa shape index (κ1) is 28.3. The van der Waals surface area contributed by atoms with Gasteiger partial charge >= 0.3 is 0 Å². The minimum Gasteiger partial charge on any atom is -0.247 e. The molecule has 0 spiro atoms. The molecule has 10 rings (SSSR count). The Labute approximate surface area is 289 Å². The summed E-state index contributed by atoms with van der Waals surface area (Å²) in [6, 6.07) is 62.0. The van der Waals surface area contributed by atoms with Crippen LogP contribution in [-0.2, 0) is 0 Å². The average molecular weight is 636 g/mol. The number of hydrogen-bond donors (Lipinski definition) is 0. The van der Waals surface area contributed by atoms with E-state index >= 15 is 0 Å². The number of pyridine rings is 1. The van der Waals surface area contributed by atoms with E-state index in [9.17, 15) is 0 Å². The number of rotatable bonds is 4. The second-order valence-electron chi connectivity index (χ2n) is 12.8. The van der Waals surface area contributed by atoms with Crippen LogP contribution in [0.25, 0.3) is 99.2 Å². The van der Waals surface area contributed by atoms with Crippen molar-refractivity contribution in [1.82, 2.24) is 15.0 Å². The molecular formula is C47H29N3. The maximum atomic E-state index is 5.39. The Balaban J connectivity index is 1.22. The fourth-order valence-corrected chi connectivity index (χ4v) is 7.44. The predicted octanol–water partition coefficient (Wildman–Crippen LogP) is 12.3. The van der Waals surface area contributed by atoms with E-state index in [4.69, 9.17) is 15.0 Å². The molecule has 232 valence electrons. The highest BCUT2D eigenvalue weighted by Gasteiger charge is 2.19. The number of fused-ring (bicyclic) bond motifs is 9.